The standard InChI is InChI=1S/C26H26N4O3/c1-32-21-9-5-18(6-10-21)23-16-28-30-24(13-14-27-25(23)30)20-4-3-15-29(17-20)26(31)19-7-11-22(33-2)12-8-19/h5-14,16,20H,3-4,15,17H2,1-2H3. The summed E-state index contributed by atoms with van der Waals surface area (Å²) < 4.78 is 12.4. The van der Waals surface area contributed by atoms with Crippen molar-refractivity contribution in [3.05, 3.63) is 78.2 Å². The lowest BCUT2D eigenvalue weighted by molar-refractivity contribution is 0.0705. The molecule has 1 aliphatic rings. The predicted octanol–water partition coefficient (Wildman–Crippen LogP) is 4.43. The van der Waals surface area contributed by atoms with Crippen LogP contribution in [0.2, 0.25) is 0 Å². The molecule has 7 heteroatoms. The van der Waals surface area contributed by atoms with Crippen LogP contribution in [-0.4, -0.2) is 52.7 Å². The van der Waals surface area contributed by atoms with Crippen LogP contribution in [0.25, 0.3) is 16.8 Å². The van der Waals surface area contributed by atoms with Gasteiger partial charge in [-0.25, -0.2) is 9.50 Å². The van der Waals surface area contributed by atoms with Crippen LogP contribution in [0.15, 0.2) is 67.0 Å². The van der Waals surface area contributed by atoms with E-state index in [2.05, 4.69) is 10.1 Å². The third-order valence-electron chi connectivity index (χ3n) is 6.30. The number of amides is 1. The number of fused-ring (bicyclic) bond motifs is 1. The van der Waals surface area contributed by atoms with Crippen LogP contribution < -0.4 is 9.47 Å². The van der Waals surface area contributed by atoms with Gasteiger partial charge in [0.15, 0.2) is 5.65 Å². The Balaban J connectivity index is 1.41. The van der Waals surface area contributed by atoms with Gasteiger partial charge in [-0.2, -0.15) is 5.10 Å². The molecule has 3 heterocycles. The largest absolute Gasteiger partial charge is 0.497 e. The third-order valence-corrected chi connectivity index (χ3v) is 6.30. The number of nitrogens with zero attached hydrogens (tertiary/aromatic N) is 4. The number of carbonyl (C=O) groups excluding carboxylic acids is 1. The molecule has 0 saturated carbocycles. The highest BCUT2D eigenvalue weighted by atomic mass is 16.5. The molecular weight excluding hydrogens is 416 g/mol. The highest BCUT2D eigenvalue weighted by Gasteiger charge is 2.27. The predicted molar refractivity (Wildman–Crippen MR) is 126 cm³/mol. The fourth-order valence-corrected chi connectivity index (χ4v) is 4.51. The molecule has 1 atom stereocenters. The van der Waals surface area contributed by atoms with Crippen LogP contribution in [0.5, 0.6) is 11.5 Å². The van der Waals surface area contributed by atoms with Crippen LogP contribution in [-0.2, 0) is 0 Å². The van der Waals surface area contributed by atoms with Crippen LogP contribution in [0.3, 0.4) is 0 Å². The average Bonchev–Trinajstić information content (AvgIpc) is 3.33. The molecule has 4 aromatic rings. The number of aromatic nitrogens is 3. The maximum absolute atomic E-state index is 13.1. The Morgan fingerprint density at radius 3 is 2.36 bits per heavy atom. The lowest BCUT2D eigenvalue weighted by Crippen LogP contribution is -2.39. The van der Waals surface area contributed by atoms with E-state index in [0.29, 0.717) is 12.1 Å². The van der Waals surface area contributed by atoms with Gasteiger partial charge >= 0.3 is 0 Å². The number of likely N-dealkylation sites (tertiary alicyclic amines) is 1. The Hall–Kier alpha value is -3.87. The molecule has 0 N–H and O–H groups in total. The van der Waals surface area contributed by atoms with E-state index in [1.165, 1.54) is 0 Å². The van der Waals surface area contributed by atoms with Crippen LogP contribution in [0.4, 0.5) is 0 Å². The van der Waals surface area contributed by atoms with E-state index in [4.69, 9.17) is 9.47 Å². The van der Waals surface area contributed by atoms with Crippen molar-refractivity contribution in [2.24, 2.45) is 0 Å². The number of ether oxygens (including phenoxy) is 2. The average molecular weight is 443 g/mol. The molecule has 7 nitrogen and oxygen atoms in total. The summed E-state index contributed by atoms with van der Waals surface area (Å²) in [6, 6.07) is 17.2. The molecule has 1 saturated heterocycles. The SMILES string of the molecule is COc1ccc(C(=O)N2CCCC(c3ccnc4c(-c5ccc(OC)cc5)cnn34)C2)cc1. The molecule has 0 spiro atoms. The first-order chi connectivity index (χ1) is 16.2. The van der Waals surface area contributed by atoms with Crippen molar-refractivity contribution in [1.29, 1.82) is 0 Å². The van der Waals surface area contributed by atoms with Crippen molar-refractivity contribution in [3.63, 3.8) is 0 Å². The fraction of sp³-hybridized carbons (Fsp3) is 0.269. The first-order valence-corrected chi connectivity index (χ1v) is 11.1. The smallest absolute Gasteiger partial charge is 0.253 e. The summed E-state index contributed by atoms with van der Waals surface area (Å²) in [5.74, 6) is 1.79. The Kier molecular flexibility index (Phi) is 5.69. The Bertz CT molecular complexity index is 1270. The Morgan fingerprint density at radius 1 is 0.970 bits per heavy atom. The van der Waals surface area contributed by atoms with E-state index in [0.717, 1.165) is 53.4 Å². The van der Waals surface area contributed by atoms with Gasteiger partial charge in [0.1, 0.15) is 11.5 Å². The summed E-state index contributed by atoms with van der Waals surface area (Å²) in [6.45, 7) is 1.41. The van der Waals surface area contributed by atoms with Gasteiger partial charge in [-0.1, -0.05) is 12.1 Å². The van der Waals surface area contributed by atoms with E-state index in [1.54, 1.807) is 14.2 Å². The van der Waals surface area contributed by atoms with E-state index in [9.17, 15) is 4.79 Å². The van der Waals surface area contributed by atoms with Crippen molar-refractivity contribution in [2.75, 3.05) is 27.3 Å². The third kappa shape index (κ3) is 4.02. The number of benzene rings is 2. The molecule has 0 aliphatic carbocycles. The second-order valence-electron chi connectivity index (χ2n) is 8.21. The second-order valence-corrected chi connectivity index (χ2v) is 8.21. The van der Waals surface area contributed by atoms with Gasteiger partial charge in [-0.15, -0.1) is 0 Å². The molecule has 0 bridgehead atoms. The maximum atomic E-state index is 13.1. The summed E-state index contributed by atoms with van der Waals surface area (Å²) in [4.78, 5) is 19.7. The zero-order chi connectivity index (χ0) is 22.8. The number of hydrogen-bond donors (Lipinski definition) is 0. The summed E-state index contributed by atoms with van der Waals surface area (Å²) in [5, 5.41) is 4.67. The zero-order valence-electron chi connectivity index (χ0n) is 18.8. The first kappa shape index (κ1) is 21.0. The molecule has 1 unspecified atom stereocenters. The van der Waals surface area contributed by atoms with Crippen LogP contribution in [0, 0.1) is 0 Å². The quantitative estimate of drug-likeness (QED) is 0.457. The highest BCUT2D eigenvalue weighted by Crippen LogP contribution is 2.31. The number of rotatable bonds is 5. The van der Waals surface area contributed by atoms with Crippen molar-refractivity contribution < 1.29 is 14.3 Å². The summed E-state index contributed by atoms with van der Waals surface area (Å²) >= 11 is 0. The zero-order valence-corrected chi connectivity index (χ0v) is 18.8. The summed E-state index contributed by atoms with van der Waals surface area (Å²) in [6.07, 6.45) is 5.65. The lowest BCUT2D eigenvalue weighted by Gasteiger charge is -2.33. The molecule has 0 radical (unpaired) electrons. The molecule has 2 aromatic carbocycles. The van der Waals surface area contributed by atoms with Crippen molar-refractivity contribution in [2.45, 2.75) is 18.8 Å². The lowest BCUT2D eigenvalue weighted by atomic mass is 9.94. The molecule has 33 heavy (non-hydrogen) atoms. The van der Waals surface area contributed by atoms with E-state index in [-0.39, 0.29) is 11.8 Å². The number of methoxy groups -OCH3 is 2. The van der Waals surface area contributed by atoms with Gasteiger partial charge in [0.25, 0.3) is 5.91 Å². The number of hydrogen-bond acceptors (Lipinski definition) is 5. The van der Waals surface area contributed by atoms with Crippen molar-refractivity contribution >= 4 is 11.6 Å². The number of piperidine rings is 1. The monoisotopic (exact) mass is 442 g/mol. The minimum atomic E-state index is 0.0482. The maximum Gasteiger partial charge on any atom is 0.253 e. The van der Waals surface area contributed by atoms with Gasteiger partial charge in [0.05, 0.1) is 26.1 Å². The molecule has 2 aromatic heterocycles. The first-order valence-electron chi connectivity index (χ1n) is 11.1. The second kappa shape index (κ2) is 8.94. The van der Waals surface area contributed by atoms with Crippen LogP contribution in [0.1, 0.15) is 34.8 Å². The van der Waals surface area contributed by atoms with Gasteiger partial charge in [-0.3, -0.25) is 4.79 Å². The normalized spacial score (nSPS) is 16.1. The molecule has 5 rings (SSSR count). The van der Waals surface area contributed by atoms with E-state index >= 15 is 0 Å². The Labute approximate surface area is 192 Å². The summed E-state index contributed by atoms with van der Waals surface area (Å²) in [7, 11) is 3.28. The fourth-order valence-electron chi connectivity index (χ4n) is 4.51. The molecule has 1 fully saturated rings. The van der Waals surface area contributed by atoms with Gasteiger partial charge in [0, 0.05) is 36.3 Å². The molecule has 1 aliphatic heterocycles. The minimum absolute atomic E-state index is 0.0482. The van der Waals surface area contributed by atoms with Gasteiger partial charge in [0.2, 0.25) is 0 Å². The molecule has 168 valence electrons. The van der Waals surface area contributed by atoms with Crippen LogP contribution >= 0.6 is 0 Å². The van der Waals surface area contributed by atoms with Gasteiger partial charge < -0.3 is 14.4 Å². The Morgan fingerprint density at radius 2 is 1.67 bits per heavy atom. The van der Waals surface area contributed by atoms with E-state index in [1.807, 2.05) is 76.4 Å². The minimum Gasteiger partial charge on any atom is -0.497 e. The highest BCUT2D eigenvalue weighted by molar-refractivity contribution is 5.94. The topological polar surface area (TPSA) is 69.0 Å². The molecular formula is C26H26N4O3. The van der Waals surface area contributed by atoms with E-state index < -0.39 is 0 Å². The summed E-state index contributed by atoms with van der Waals surface area (Å²) in [5.41, 5.74) is 4.58. The van der Waals surface area contributed by atoms with Crippen molar-refractivity contribution in [3.8, 4) is 22.6 Å². The van der Waals surface area contributed by atoms with Crippen molar-refractivity contribution in [1.82, 2.24) is 19.5 Å². The van der Waals surface area contributed by atoms with Gasteiger partial charge in [-0.05, 0) is 60.9 Å². The molecule has 1 amide bonds. The number of carbonyl (C=O) groups is 1.